The molecule has 0 amide bonds. The minimum atomic E-state index is -1.67. The lowest BCUT2D eigenvalue weighted by Crippen LogP contribution is -1.96. The topological polar surface area (TPSA) is 106 Å². The van der Waals surface area contributed by atoms with Gasteiger partial charge in [-0.2, -0.15) is 8.75 Å². The summed E-state index contributed by atoms with van der Waals surface area (Å²) in [6, 6.07) is 3.25. The molecule has 7 nitrogen and oxygen atoms in total. The summed E-state index contributed by atoms with van der Waals surface area (Å²) in [6.45, 7) is 3.60. The fourth-order valence-corrected chi connectivity index (χ4v) is 2.30. The fraction of sp³-hybridized carbons (Fsp3) is 0.333. The summed E-state index contributed by atoms with van der Waals surface area (Å²) < 4.78 is 21.3. The number of carbonyl (C=O) groups is 2. The number of aryl methyl sites for hydroxylation is 2. The van der Waals surface area contributed by atoms with Crippen LogP contribution in [0.4, 0.5) is 0 Å². The number of halogens is 2. The van der Waals surface area contributed by atoms with Crippen LogP contribution in [0.2, 0.25) is 0 Å². The van der Waals surface area contributed by atoms with Gasteiger partial charge in [0.05, 0.1) is 18.5 Å². The Morgan fingerprint density at radius 1 is 1.12 bits per heavy atom. The Bertz CT molecular complexity index is 671. The van der Waals surface area contributed by atoms with Crippen molar-refractivity contribution in [1.29, 1.82) is 0 Å². The number of ether oxygens (including phenoxy) is 1. The van der Waals surface area contributed by atoms with Crippen molar-refractivity contribution in [1.82, 2.24) is 8.75 Å². The molecule has 0 atom stereocenters. The van der Waals surface area contributed by atoms with Gasteiger partial charge < -0.3 is 9.84 Å². The number of esters is 1. The van der Waals surface area contributed by atoms with E-state index in [1.807, 2.05) is 6.92 Å². The molecular weight excluding hydrogens is 419 g/mol. The molecule has 24 heavy (non-hydrogen) atoms. The van der Waals surface area contributed by atoms with Crippen molar-refractivity contribution in [3.05, 3.63) is 33.3 Å². The predicted molar refractivity (Wildman–Crippen MR) is 98.6 cm³/mol. The first-order chi connectivity index (χ1) is 10.7. The van der Waals surface area contributed by atoms with Crippen LogP contribution in [-0.4, -0.2) is 37.1 Å². The SMILES string of the molecule is C.COC(=O)c1cc(C)ns1.Cc1cc(C(=O)O)sn1.O=S(Cl)Cl. The summed E-state index contributed by atoms with van der Waals surface area (Å²) >= 11 is 2.17. The maximum Gasteiger partial charge on any atom is 0.349 e. The second-order valence-electron chi connectivity index (χ2n) is 3.65. The zero-order chi connectivity index (χ0) is 18.0. The molecule has 0 saturated heterocycles. The van der Waals surface area contributed by atoms with E-state index in [9.17, 15) is 9.59 Å². The van der Waals surface area contributed by atoms with Gasteiger partial charge in [0.2, 0.25) is 9.23 Å². The normalized spacial score (nSPS) is 8.92. The Morgan fingerprint density at radius 2 is 1.50 bits per heavy atom. The number of carboxylic acids is 1. The minimum Gasteiger partial charge on any atom is -0.477 e. The van der Waals surface area contributed by atoms with Crippen LogP contribution in [0, 0.1) is 13.8 Å². The number of rotatable bonds is 2. The lowest BCUT2D eigenvalue weighted by molar-refractivity contribution is 0.0605. The van der Waals surface area contributed by atoms with E-state index >= 15 is 0 Å². The Kier molecular flexibility index (Phi) is 13.9. The van der Waals surface area contributed by atoms with Crippen molar-refractivity contribution in [2.24, 2.45) is 0 Å². The van der Waals surface area contributed by atoms with Crippen molar-refractivity contribution in [2.45, 2.75) is 21.3 Å². The maximum atomic E-state index is 10.8. The van der Waals surface area contributed by atoms with Crippen molar-refractivity contribution in [2.75, 3.05) is 7.11 Å². The van der Waals surface area contributed by atoms with Crippen LogP contribution in [0.15, 0.2) is 12.1 Å². The molecule has 2 heterocycles. The maximum absolute atomic E-state index is 10.8. The lowest BCUT2D eigenvalue weighted by Gasteiger charge is -1.89. The third kappa shape index (κ3) is 11.5. The molecule has 136 valence electrons. The van der Waals surface area contributed by atoms with Crippen LogP contribution in [0.5, 0.6) is 0 Å². The van der Waals surface area contributed by atoms with E-state index in [2.05, 4.69) is 34.8 Å². The van der Waals surface area contributed by atoms with Crippen LogP contribution < -0.4 is 0 Å². The zero-order valence-corrected chi connectivity index (χ0v) is 16.1. The Labute approximate surface area is 159 Å². The van der Waals surface area contributed by atoms with Gasteiger partial charge in [0.25, 0.3) is 0 Å². The number of aromatic carboxylic acids is 1. The predicted octanol–water partition coefficient (Wildman–Crippen LogP) is 4.07. The van der Waals surface area contributed by atoms with Gasteiger partial charge >= 0.3 is 11.9 Å². The van der Waals surface area contributed by atoms with Gasteiger partial charge in [0.15, 0.2) is 0 Å². The smallest absolute Gasteiger partial charge is 0.349 e. The van der Waals surface area contributed by atoms with E-state index in [0.717, 1.165) is 34.5 Å². The monoisotopic (exact) mass is 434 g/mol. The first kappa shape index (κ1) is 25.2. The number of carbonyl (C=O) groups excluding carboxylic acids is 1. The first-order valence-electron chi connectivity index (χ1n) is 5.59. The number of carboxylic acid groups (broad SMARTS) is 1. The molecular formula is C12H16Cl2N2O5S3. The lowest BCUT2D eigenvalue weighted by atomic mass is 10.4. The molecule has 0 radical (unpaired) electrons. The van der Waals surface area contributed by atoms with E-state index in [1.54, 1.807) is 19.1 Å². The minimum absolute atomic E-state index is 0. The van der Waals surface area contributed by atoms with Crippen LogP contribution >= 0.6 is 44.4 Å². The molecule has 0 fully saturated rings. The molecule has 0 unspecified atom stereocenters. The largest absolute Gasteiger partial charge is 0.477 e. The van der Waals surface area contributed by atoms with Gasteiger partial charge in [0, 0.05) is 21.4 Å². The highest BCUT2D eigenvalue weighted by Gasteiger charge is 2.07. The van der Waals surface area contributed by atoms with Gasteiger partial charge in [-0.05, 0) is 49.0 Å². The highest BCUT2D eigenvalue weighted by Crippen LogP contribution is 2.09. The second-order valence-corrected chi connectivity index (χ2v) is 7.78. The molecule has 0 aliphatic rings. The summed E-state index contributed by atoms with van der Waals surface area (Å²) in [4.78, 5) is 21.8. The summed E-state index contributed by atoms with van der Waals surface area (Å²) in [5.74, 6) is -1.22. The molecule has 0 spiro atoms. The van der Waals surface area contributed by atoms with E-state index in [0.29, 0.717) is 9.75 Å². The highest BCUT2D eigenvalue weighted by molar-refractivity contribution is 8.26. The van der Waals surface area contributed by atoms with Gasteiger partial charge in [0.1, 0.15) is 9.75 Å². The standard InChI is InChI=1S/C6H7NO2S.C5H5NO2S.CH4.Cl2OS/c1-4-3-5(10-7-4)6(8)9-2;1-3-2-4(5(7)8)9-6-3;;1-4(2)3/h3H,1-2H3;2H,1H3,(H,7,8);1H4;. The van der Waals surface area contributed by atoms with E-state index in [1.165, 1.54) is 7.11 Å². The summed E-state index contributed by atoms with van der Waals surface area (Å²) in [7, 11) is 8.72. The molecule has 2 aromatic rings. The average molecular weight is 435 g/mol. The number of hydrogen-bond donors (Lipinski definition) is 1. The fourth-order valence-electron chi connectivity index (χ4n) is 1.02. The van der Waals surface area contributed by atoms with Crippen LogP contribution in [0.1, 0.15) is 38.2 Å². The van der Waals surface area contributed by atoms with Crippen LogP contribution in [0.3, 0.4) is 0 Å². The van der Waals surface area contributed by atoms with Crippen molar-refractivity contribution in [3.63, 3.8) is 0 Å². The van der Waals surface area contributed by atoms with Gasteiger partial charge in [-0.3, -0.25) is 0 Å². The molecule has 2 aromatic heterocycles. The molecule has 0 saturated carbocycles. The van der Waals surface area contributed by atoms with Crippen molar-refractivity contribution < 1.29 is 23.6 Å². The Balaban J connectivity index is 0. The third-order valence-electron chi connectivity index (χ3n) is 1.85. The molecule has 1 N–H and O–H groups in total. The number of aromatic nitrogens is 2. The molecule has 0 aliphatic heterocycles. The molecule has 0 aromatic carbocycles. The Hall–Kier alpha value is -1.07. The number of methoxy groups -OCH3 is 1. The zero-order valence-electron chi connectivity index (χ0n) is 12.1. The van der Waals surface area contributed by atoms with Gasteiger partial charge in [-0.1, -0.05) is 7.43 Å². The van der Waals surface area contributed by atoms with Gasteiger partial charge in [-0.25, -0.2) is 13.8 Å². The van der Waals surface area contributed by atoms with Crippen molar-refractivity contribution >= 4 is 65.6 Å². The quantitative estimate of drug-likeness (QED) is 0.560. The number of hydrogen-bond acceptors (Lipinski definition) is 8. The average Bonchev–Trinajstić information content (AvgIpc) is 3.07. The van der Waals surface area contributed by atoms with E-state index in [-0.39, 0.29) is 13.4 Å². The number of nitrogens with zero attached hydrogens (tertiary/aromatic N) is 2. The summed E-state index contributed by atoms with van der Waals surface area (Å²) in [6.07, 6.45) is 0. The van der Waals surface area contributed by atoms with E-state index < -0.39 is 15.2 Å². The summed E-state index contributed by atoms with van der Waals surface area (Å²) in [5, 5.41) is 8.37. The van der Waals surface area contributed by atoms with Gasteiger partial charge in [-0.15, -0.1) is 0 Å². The second kappa shape index (κ2) is 13.2. The summed E-state index contributed by atoms with van der Waals surface area (Å²) in [5.41, 5.74) is 1.61. The first-order valence-corrected chi connectivity index (χ1v) is 9.94. The highest BCUT2D eigenvalue weighted by atomic mass is 36.0. The third-order valence-corrected chi connectivity index (χ3v) is 3.58. The van der Waals surface area contributed by atoms with Crippen LogP contribution in [-0.2, 0) is 14.0 Å². The molecule has 0 aliphatic carbocycles. The van der Waals surface area contributed by atoms with Crippen molar-refractivity contribution in [3.8, 4) is 0 Å². The molecule has 2 rings (SSSR count). The Morgan fingerprint density at radius 3 is 1.71 bits per heavy atom. The van der Waals surface area contributed by atoms with Crippen LogP contribution in [0.25, 0.3) is 0 Å². The van der Waals surface area contributed by atoms with E-state index in [4.69, 9.17) is 9.32 Å². The molecule has 0 bridgehead atoms. The molecule has 12 heteroatoms.